The van der Waals surface area contributed by atoms with Crippen molar-refractivity contribution in [3.8, 4) is 23.7 Å². The molecule has 0 atom stereocenters. The van der Waals surface area contributed by atoms with E-state index in [9.17, 15) is 0 Å². The summed E-state index contributed by atoms with van der Waals surface area (Å²) in [5.41, 5.74) is 2.00. The van der Waals surface area contributed by atoms with Crippen LogP contribution in [0.4, 0.5) is 0 Å². The fourth-order valence-electron chi connectivity index (χ4n) is 2.02. The minimum absolute atomic E-state index is 0.993. The standard InChI is InChI=1S/C20H21NS/c1-3-4-5-6-7-8-9-19-12-13-20(22-19)11-10-18-14-15-21-17(2)16-18/h12-16H,3-7H2,1-2H3. The minimum Gasteiger partial charge on any atom is -0.262 e. The van der Waals surface area contributed by atoms with Crippen LogP contribution < -0.4 is 0 Å². The lowest BCUT2D eigenvalue weighted by molar-refractivity contribution is 0.679. The molecule has 0 bridgehead atoms. The minimum atomic E-state index is 0.993. The Hall–Kier alpha value is -2.03. The molecule has 112 valence electrons. The molecule has 0 unspecified atom stereocenters. The van der Waals surface area contributed by atoms with Crippen LogP contribution in [0.3, 0.4) is 0 Å². The monoisotopic (exact) mass is 307 g/mol. The van der Waals surface area contributed by atoms with Crippen molar-refractivity contribution in [1.29, 1.82) is 0 Å². The van der Waals surface area contributed by atoms with Gasteiger partial charge in [-0.15, -0.1) is 11.3 Å². The molecule has 0 saturated heterocycles. The summed E-state index contributed by atoms with van der Waals surface area (Å²) in [7, 11) is 0. The number of unbranched alkanes of at least 4 members (excludes halogenated alkanes) is 4. The van der Waals surface area contributed by atoms with Gasteiger partial charge in [-0.3, -0.25) is 4.98 Å². The molecule has 1 nitrogen and oxygen atoms in total. The number of nitrogens with zero attached hydrogens (tertiary/aromatic N) is 1. The molecule has 0 N–H and O–H groups in total. The van der Waals surface area contributed by atoms with Gasteiger partial charge in [0.15, 0.2) is 0 Å². The zero-order chi connectivity index (χ0) is 15.6. The largest absolute Gasteiger partial charge is 0.262 e. The van der Waals surface area contributed by atoms with Crippen molar-refractivity contribution in [1.82, 2.24) is 4.98 Å². The molecule has 0 radical (unpaired) electrons. The Kier molecular flexibility index (Phi) is 6.75. The highest BCUT2D eigenvalue weighted by molar-refractivity contribution is 7.13. The highest BCUT2D eigenvalue weighted by Gasteiger charge is 1.94. The maximum Gasteiger partial charge on any atom is 0.0785 e. The molecule has 0 aromatic carbocycles. The third-order valence-corrected chi connectivity index (χ3v) is 4.12. The van der Waals surface area contributed by atoms with Crippen LogP contribution in [0.5, 0.6) is 0 Å². The summed E-state index contributed by atoms with van der Waals surface area (Å²) in [6, 6.07) is 8.04. The summed E-state index contributed by atoms with van der Waals surface area (Å²) >= 11 is 1.66. The fourth-order valence-corrected chi connectivity index (χ4v) is 2.75. The summed E-state index contributed by atoms with van der Waals surface area (Å²) in [5.74, 6) is 12.9. The van der Waals surface area contributed by atoms with Crippen LogP contribution in [-0.2, 0) is 0 Å². The molecule has 0 fully saturated rings. The van der Waals surface area contributed by atoms with E-state index in [1.807, 2.05) is 25.1 Å². The van der Waals surface area contributed by atoms with Gasteiger partial charge in [0, 0.05) is 23.9 Å². The Bertz CT molecular complexity index is 719. The van der Waals surface area contributed by atoms with Crippen LogP contribution in [0.1, 0.15) is 60.0 Å². The van der Waals surface area contributed by atoms with Crippen molar-refractivity contribution < 1.29 is 0 Å². The highest BCUT2D eigenvalue weighted by atomic mass is 32.1. The zero-order valence-electron chi connectivity index (χ0n) is 13.3. The van der Waals surface area contributed by atoms with Gasteiger partial charge in [-0.05, 0) is 37.6 Å². The molecule has 2 aromatic rings. The molecule has 0 aliphatic carbocycles. The topological polar surface area (TPSA) is 12.9 Å². The first-order chi connectivity index (χ1) is 10.8. The van der Waals surface area contributed by atoms with Gasteiger partial charge in [-0.25, -0.2) is 0 Å². The van der Waals surface area contributed by atoms with Gasteiger partial charge in [0.2, 0.25) is 0 Å². The molecular formula is C20H21NS. The zero-order valence-corrected chi connectivity index (χ0v) is 14.1. The predicted octanol–water partition coefficient (Wildman–Crippen LogP) is 5.17. The van der Waals surface area contributed by atoms with Gasteiger partial charge in [-0.1, -0.05) is 49.9 Å². The van der Waals surface area contributed by atoms with E-state index in [2.05, 4.69) is 41.7 Å². The molecule has 2 aromatic heterocycles. The lowest BCUT2D eigenvalue weighted by atomic mass is 10.2. The molecule has 2 heteroatoms. The van der Waals surface area contributed by atoms with E-state index in [-0.39, 0.29) is 0 Å². The van der Waals surface area contributed by atoms with Crippen LogP contribution in [0.2, 0.25) is 0 Å². The van der Waals surface area contributed by atoms with E-state index in [1.165, 1.54) is 25.7 Å². The molecular weight excluding hydrogens is 286 g/mol. The van der Waals surface area contributed by atoms with Gasteiger partial charge < -0.3 is 0 Å². The quantitative estimate of drug-likeness (QED) is 0.560. The van der Waals surface area contributed by atoms with Crippen molar-refractivity contribution >= 4 is 11.3 Å². The molecule has 2 heterocycles. The SMILES string of the molecule is CCCCCCC#Cc1ccc(C#Cc2ccnc(C)c2)s1. The number of aryl methyl sites for hydroxylation is 1. The van der Waals surface area contributed by atoms with Gasteiger partial charge in [0.25, 0.3) is 0 Å². The second-order valence-electron chi connectivity index (χ2n) is 5.21. The summed E-state index contributed by atoms with van der Waals surface area (Å²) < 4.78 is 0. The van der Waals surface area contributed by atoms with Gasteiger partial charge in [0.1, 0.15) is 0 Å². The molecule has 0 amide bonds. The highest BCUT2D eigenvalue weighted by Crippen LogP contribution is 2.14. The lowest BCUT2D eigenvalue weighted by Gasteiger charge is -1.91. The number of hydrogen-bond acceptors (Lipinski definition) is 2. The van der Waals surface area contributed by atoms with Crippen LogP contribution >= 0.6 is 11.3 Å². The molecule has 0 aliphatic heterocycles. The Balaban J connectivity index is 1.91. The first-order valence-corrected chi connectivity index (χ1v) is 8.63. The van der Waals surface area contributed by atoms with E-state index in [4.69, 9.17) is 0 Å². The third-order valence-electron chi connectivity index (χ3n) is 3.20. The second-order valence-corrected chi connectivity index (χ2v) is 6.30. The molecule has 0 saturated carbocycles. The van der Waals surface area contributed by atoms with Crippen molar-refractivity contribution in [2.45, 2.75) is 46.0 Å². The van der Waals surface area contributed by atoms with E-state index < -0.39 is 0 Å². The predicted molar refractivity (Wildman–Crippen MR) is 94.9 cm³/mol. The summed E-state index contributed by atoms with van der Waals surface area (Å²) in [4.78, 5) is 6.34. The summed E-state index contributed by atoms with van der Waals surface area (Å²) in [5, 5.41) is 0. The Labute approximate surface area is 137 Å². The molecule has 2 rings (SSSR count). The maximum absolute atomic E-state index is 4.18. The van der Waals surface area contributed by atoms with Crippen molar-refractivity contribution in [3.05, 3.63) is 51.5 Å². The van der Waals surface area contributed by atoms with Crippen LogP contribution in [-0.4, -0.2) is 4.98 Å². The number of pyridine rings is 1. The van der Waals surface area contributed by atoms with Crippen molar-refractivity contribution in [2.75, 3.05) is 0 Å². The number of aromatic nitrogens is 1. The van der Waals surface area contributed by atoms with Crippen molar-refractivity contribution in [3.63, 3.8) is 0 Å². The Morgan fingerprint density at radius 3 is 2.59 bits per heavy atom. The number of rotatable bonds is 4. The summed E-state index contributed by atoms with van der Waals surface area (Å²) in [6.45, 7) is 4.21. The van der Waals surface area contributed by atoms with E-state index >= 15 is 0 Å². The molecule has 0 aliphatic rings. The summed E-state index contributed by atoms with van der Waals surface area (Å²) in [6.07, 6.45) is 7.88. The average Bonchev–Trinajstić information content (AvgIpc) is 2.97. The van der Waals surface area contributed by atoms with Gasteiger partial charge in [-0.2, -0.15) is 0 Å². The van der Waals surface area contributed by atoms with Crippen molar-refractivity contribution in [2.24, 2.45) is 0 Å². The first-order valence-electron chi connectivity index (χ1n) is 7.81. The average molecular weight is 307 g/mol. The molecule has 0 spiro atoms. The van der Waals surface area contributed by atoms with Crippen LogP contribution in [0.25, 0.3) is 0 Å². The Morgan fingerprint density at radius 2 is 1.82 bits per heavy atom. The third kappa shape index (κ3) is 5.76. The lowest BCUT2D eigenvalue weighted by Crippen LogP contribution is -1.80. The number of thiophene rings is 1. The normalized spacial score (nSPS) is 9.55. The number of hydrogen-bond donors (Lipinski definition) is 0. The van der Waals surface area contributed by atoms with E-state index in [0.717, 1.165) is 27.4 Å². The Morgan fingerprint density at radius 1 is 1.00 bits per heavy atom. The molecule has 22 heavy (non-hydrogen) atoms. The van der Waals surface area contributed by atoms with Crippen LogP contribution in [0, 0.1) is 30.6 Å². The van der Waals surface area contributed by atoms with E-state index in [0.29, 0.717) is 0 Å². The fraction of sp³-hybridized carbons (Fsp3) is 0.350. The second kappa shape index (κ2) is 9.08. The van der Waals surface area contributed by atoms with E-state index in [1.54, 1.807) is 17.5 Å². The maximum atomic E-state index is 4.18. The van der Waals surface area contributed by atoms with Crippen LogP contribution in [0.15, 0.2) is 30.5 Å². The first kappa shape index (κ1) is 16.3. The van der Waals surface area contributed by atoms with Gasteiger partial charge in [0.05, 0.1) is 9.75 Å². The smallest absolute Gasteiger partial charge is 0.0785 e. The van der Waals surface area contributed by atoms with Gasteiger partial charge >= 0.3 is 0 Å².